The Morgan fingerprint density at radius 3 is 2.10 bits per heavy atom. The number of aromatic nitrogens is 3. The van der Waals surface area contributed by atoms with E-state index in [1.807, 2.05) is 42.5 Å². The topological polar surface area (TPSA) is 109 Å². The third-order valence-electron chi connectivity index (χ3n) is 8.21. The molecule has 0 fully saturated rings. The molecule has 3 heterocycles. The number of nitrogens with one attached hydrogen (secondary N) is 3. The van der Waals surface area contributed by atoms with Crippen LogP contribution >= 0.6 is 0 Å². The summed E-state index contributed by atoms with van der Waals surface area (Å²) in [7, 11) is 0. The molecule has 0 spiro atoms. The summed E-state index contributed by atoms with van der Waals surface area (Å²) in [4.78, 5) is 21.7. The van der Waals surface area contributed by atoms with Crippen LogP contribution in [-0.2, 0) is 6.54 Å². The van der Waals surface area contributed by atoms with Crippen LogP contribution in [0, 0.1) is 17.0 Å². The van der Waals surface area contributed by atoms with Gasteiger partial charge in [-0.25, -0.2) is 13.8 Å². The van der Waals surface area contributed by atoms with Crippen LogP contribution in [0.1, 0.15) is 27.7 Å². The number of furan rings is 1. The van der Waals surface area contributed by atoms with Crippen molar-refractivity contribution in [2.75, 3.05) is 5.32 Å². The number of benzene rings is 4. The normalized spacial score (nSPS) is 11.6. The lowest BCUT2D eigenvalue weighted by atomic mass is 9.99. The van der Waals surface area contributed by atoms with E-state index in [9.17, 15) is 9.18 Å². The van der Waals surface area contributed by atoms with Gasteiger partial charge < -0.3 is 19.6 Å². The quantitative estimate of drug-likeness (QED) is 0.100. The number of carbonyl (C=O) groups is 1. The van der Waals surface area contributed by atoms with Gasteiger partial charge in [-0.15, -0.1) is 0 Å². The summed E-state index contributed by atoms with van der Waals surface area (Å²) in [6.07, 6.45) is 6.62. The number of anilines is 1. The number of nitrogens with zero attached hydrogens (tertiary/aromatic N) is 3. The lowest BCUT2D eigenvalue weighted by Gasteiger charge is -2.21. The third kappa shape index (κ3) is 7.24. The number of halogens is 2. The molecule has 0 radical (unpaired) electrons. The monoisotopic (exact) mass is 664 g/mol. The van der Waals surface area contributed by atoms with E-state index >= 15 is 4.39 Å². The molecule has 246 valence electrons. The number of hydrogen-bond acceptors (Lipinski definition) is 5. The van der Waals surface area contributed by atoms with E-state index < -0.39 is 11.9 Å². The Morgan fingerprint density at radius 2 is 1.46 bits per heavy atom. The van der Waals surface area contributed by atoms with Crippen LogP contribution in [0.4, 0.5) is 14.5 Å². The van der Waals surface area contributed by atoms with Crippen molar-refractivity contribution in [1.82, 2.24) is 19.9 Å². The standard InChI is InChI=1S/C40H30F2N6O2/c41-31-13-8-26(9-14-31)30-12-17-33(34(42)23-30)36(24-48-22-21-44-25-48)47-40(49)29-6-4-27(5-7-29)37-18-19-38(50-37)28-10-15-32(16-11-28)46-39(43)35-3-1-2-20-45-35/h1-23,25,36H,24H2,(H2,43,46)(H,47,49)/t36-/m0/s1. The second kappa shape index (κ2) is 14.2. The van der Waals surface area contributed by atoms with Crippen LogP contribution in [0.3, 0.4) is 0 Å². The van der Waals surface area contributed by atoms with E-state index in [0.717, 1.165) is 16.8 Å². The molecule has 3 aromatic heterocycles. The molecule has 0 aliphatic carbocycles. The summed E-state index contributed by atoms with van der Waals surface area (Å²) in [6, 6.07) is 33.7. The first-order valence-corrected chi connectivity index (χ1v) is 15.8. The summed E-state index contributed by atoms with van der Waals surface area (Å²) >= 11 is 0. The van der Waals surface area contributed by atoms with Crippen LogP contribution in [0.2, 0.25) is 0 Å². The van der Waals surface area contributed by atoms with Gasteiger partial charge >= 0.3 is 0 Å². The number of carbonyl (C=O) groups excluding carboxylic acids is 1. The summed E-state index contributed by atoms with van der Waals surface area (Å²) < 4.78 is 36.9. The minimum Gasteiger partial charge on any atom is -0.456 e. The van der Waals surface area contributed by atoms with Crippen molar-refractivity contribution in [2.24, 2.45) is 0 Å². The van der Waals surface area contributed by atoms with Crippen molar-refractivity contribution >= 4 is 17.4 Å². The van der Waals surface area contributed by atoms with Crippen LogP contribution < -0.4 is 10.6 Å². The van der Waals surface area contributed by atoms with Gasteiger partial charge in [0.25, 0.3) is 5.91 Å². The van der Waals surface area contributed by atoms with Gasteiger partial charge in [0.1, 0.15) is 34.7 Å². The highest BCUT2D eigenvalue weighted by Gasteiger charge is 2.21. The van der Waals surface area contributed by atoms with Crippen molar-refractivity contribution < 1.29 is 18.0 Å². The second-order valence-corrected chi connectivity index (χ2v) is 11.6. The molecule has 0 unspecified atom stereocenters. The first-order valence-electron chi connectivity index (χ1n) is 15.8. The Morgan fingerprint density at radius 1 is 0.780 bits per heavy atom. The van der Waals surface area contributed by atoms with Crippen molar-refractivity contribution in [3.05, 3.63) is 175 Å². The van der Waals surface area contributed by atoms with E-state index in [0.29, 0.717) is 39.5 Å². The predicted molar refractivity (Wildman–Crippen MR) is 188 cm³/mol. The Kier molecular flexibility index (Phi) is 9.06. The van der Waals surface area contributed by atoms with E-state index in [4.69, 9.17) is 9.83 Å². The Bertz CT molecular complexity index is 2230. The summed E-state index contributed by atoms with van der Waals surface area (Å²) in [6.45, 7) is 0.260. The van der Waals surface area contributed by atoms with Crippen LogP contribution in [0.5, 0.6) is 0 Å². The molecule has 0 saturated carbocycles. The summed E-state index contributed by atoms with van der Waals surface area (Å²) in [5, 5.41) is 14.3. The molecular weight excluding hydrogens is 634 g/mol. The Labute approximate surface area is 286 Å². The van der Waals surface area contributed by atoms with Gasteiger partial charge in [0.05, 0.1) is 12.4 Å². The van der Waals surface area contributed by atoms with Crippen molar-refractivity contribution in [3.63, 3.8) is 0 Å². The number of amidine groups is 1. The van der Waals surface area contributed by atoms with Gasteiger partial charge in [-0.05, 0) is 90.0 Å². The van der Waals surface area contributed by atoms with Crippen molar-refractivity contribution in [2.45, 2.75) is 12.6 Å². The molecule has 50 heavy (non-hydrogen) atoms. The predicted octanol–water partition coefficient (Wildman–Crippen LogP) is 8.76. The fraction of sp³-hybridized carbons (Fsp3) is 0.0500. The molecule has 0 bridgehead atoms. The van der Waals surface area contributed by atoms with E-state index in [1.54, 1.807) is 90.1 Å². The zero-order valence-electron chi connectivity index (χ0n) is 26.6. The number of hydrogen-bond donors (Lipinski definition) is 3. The Balaban J connectivity index is 1.04. The SMILES string of the molecule is N=C(Nc1ccc(-c2ccc(-c3ccc(C(=O)N[C@@H](Cn4ccnc4)c4ccc(-c5ccc(F)cc5)cc4F)cc3)o2)cc1)c1ccccn1. The minimum atomic E-state index is -0.700. The molecule has 0 aliphatic heterocycles. The van der Waals surface area contributed by atoms with Crippen molar-refractivity contribution in [3.8, 4) is 33.8 Å². The van der Waals surface area contributed by atoms with Gasteiger partial charge in [0.15, 0.2) is 0 Å². The van der Waals surface area contributed by atoms with Gasteiger partial charge in [-0.3, -0.25) is 15.2 Å². The summed E-state index contributed by atoms with van der Waals surface area (Å²) in [5.41, 5.74) is 4.95. The lowest BCUT2D eigenvalue weighted by Crippen LogP contribution is -2.32. The molecule has 0 aliphatic rings. The van der Waals surface area contributed by atoms with E-state index in [2.05, 4.69) is 20.6 Å². The minimum absolute atomic E-state index is 0.203. The molecule has 7 rings (SSSR count). The molecular formula is C40H30F2N6O2. The van der Waals surface area contributed by atoms with Gasteiger partial charge in [0, 0.05) is 53.1 Å². The maximum Gasteiger partial charge on any atom is 0.251 e. The zero-order valence-corrected chi connectivity index (χ0v) is 26.6. The second-order valence-electron chi connectivity index (χ2n) is 11.6. The van der Waals surface area contributed by atoms with Crippen LogP contribution in [0.15, 0.2) is 151 Å². The lowest BCUT2D eigenvalue weighted by molar-refractivity contribution is 0.0932. The van der Waals surface area contributed by atoms with Gasteiger partial charge in [-0.2, -0.15) is 0 Å². The highest BCUT2D eigenvalue weighted by Crippen LogP contribution is 2.30. The maximum absolute atomic E-state index is 15.6. The molecule has 1 atom stereocenters. The molecule has 8 nitrogen and oxygen atoms in total. The van der Waals surface area contributed by atoms with Crippen molar-refractivity contribution in [1.29, 1.82) is 5.41 Å². The van der Waals surface area contributed by atoms with E-state index in [-0.39, 0.29) is 24.1 Å². The fourth-order valence-electron chi connectivity index (χ4n) is 5.57. The number of pyridine rings is 1. The van der Waals surface area contributed by atoms with Crippen LogP contribution in [0.25, 0.3) is 33.8 Å². The fourth-order valence-corrected chi connectivity index (χ4v) is 5.57. The zero-order chi connectivity index (χ0) is 34.5. The number of rotatable bonds is 10. The molecule has 0 saturated heterocycles. The Hall–Kier alpha value is -6.68. The smallest absolute Gasteiger partial charge is 0.251 e. The highest BCUT2D eigenvalue weighted by molar-refractivity contribution is 6.04. The largest absolute Gasteiger partial charge is 0.456 e. The molecule has 4 aromatic carbocycles. The first kappa shape index (κ1) is 31.9. The van der Waals surface area contributed by atoms with E-state index in [1.165, 1.54) is 18.2 Å². The maximum atomic E-state index is 15.6. The number of imidazole rings is 1. The average molecular weight is 665 g/mol. The average Bonchev–Trinajstić information content (AvgIpc) is 3.86. The van der Waals surface area contributed by atoms with Gasteiger partial charge in [0.2, 0.25) is 0 Å². The number of amides is 1. The molecule has 7 aromatic rings. The molecule has 10 heteroatoms. The third-order valence-corrected chi connectivity index (χ3v) is 8.21. The molecule has 3 N–H and O–H groups in total. The summed E-state index contributed by atoms with van der Waals surface area (Å²) in [5.74, 6) is 0.279. The molecule has 1 amide bonds. The first-order chi connectivity index (χ1) is 24.4. The highest BCUT2D eigenvalue weighted by atomic mass is 19.1. The van der Waals surface area contributed by atoms with Gasteiger partial charge in [-0.1, -0.05) is 42.5 Å². The van der Waals surface area contributed by atoms with Crippen LogP contribution in [-0.4, -0.2) is 26.3 Å².